The number of benzene rings is 1. The normalized spacial score (nSPS) is 11.9. The third-order valence-corrected chi connectivity index (χ3v) is 3.63. The van der Waals surface area contributed by atoms with Crippen molar-refractivity contribution >= 4 is 23.5 Å². The van der Waals surface area contributed by atoms with Crippen LogP contribution < -0.4 is 0 Å². The van der Waals surface area contributed by atoms with E-state index in [9.17, 15) is 9.59 Å². The molecule has 0 aliphatic carbocycles. The topological polar surface area (TPSA) is 64.4 Å². The van der Waals surface area contributed by atoms with Crippen LogP contribution in [0.4, 0.5) is 0 Å². The average Bonchev–Trinajstić information content (AvgIpc) is 2.82. The van der Waals surface area contributed by atoms with Gasteiger partial charge in [-0.2, -0.15) is 5.10 Å². The highest BCUT2D eigenvalue weighted by Gasteiger charge is 2.26. The van der Waals surface area contributed by atoms with E-state index in [2.05, 4.69) is 5.10 Å². The highest BCUT2D eigenvalue weighted by atomic mass is 35.5. The van der Waals surface area contributed by atoms with Gasteiger partial charge in [-0.15, -0.1) is 0 Å². The van der Waals surface area contributed by atoms with E-state index in [1.54, 1.807) is 21.0 Å². The van der Waals surface area contributed by atoms with Crippen LogP contribution in [0.1, 0.15) is 23.0 Å². The van der Waals surface area contributed by atoms with Crippen molar-refractivity contribution in [2.24, 2.45) is 0 Å². The maximum Gasteiger partial charge on any atom is 0.344 e. The Morgan fingerprint density at radius 1 is 1.26 bits per heavy atom. The monoisotopic (exact) mass is 335 g/mol. The lowest BCUT2D eigenvalue weighted by Gasteiger charge is -2.17. The minimum absolute atomic E-state index is 0.156. The molecule has 23 heavy (non-hydrogen) atoms. The zero-order chi connectivity index (χ0) is 17.1. The van der Waals surface area contributed by atoms with Crippen molar-refractivity contribution < 1.29 is 14.3 Å². The predicted octanol–water partition coefficient (Wildman–Crippen LogP) is 2.47. The van der Waals surface area contributed by atoms with E-state index in [-0.39, 0.29) is 16.6 Å². The maximum atomic E-state index is 12.3. The van der Waals surface area contributed by atoms with Crippen LogP contribution >= 0.6 is 11.6 Å². The van der Waals surface area contributed by atoms with Gasteiger partial charge in [0.15, 0.2) is 6.10 Å². The first-order chi connectivity index (χ1) is 10.8. The van der Waals surface area contributed by atoms with E-state index in [0.717, 1.165) is 5.69 Å². The number of hydrogen-bond acceptors (Lipinski definition) is 4. The molecule has 2 aromatic rings. The number of para-hydroxylation sites is 1. The number of hydrogen-bond donors (Lipinski definition) is 0. The second-order valence-corrected chi connectivity index (χ2v) is 5.64. The summed E-state index contributed by atoms with van der Waals surface area (Å²) >= 11 is 6.29. The zero-order valence-electron chi connectivity index (χ0n) is 13.4. The molecule has 1 heterocycles. The molecule has 0 radical (unpaired) electrons. The van der Waals surface area contributed by atoms with E-state index in [1.165, 1.54) is 16.5 Å². The molecule has 0 unspecified atom stereocenters. The summed E-state index contributed by atoms with van der Waals surface area (Å²) in [7, 11) is 3.19. The van der Waals surface area contributed by atoms with E-state index in [0.29, 0.717) is 5.69 Å². The third-order valence-electron chi connectivity index (χ3n) is 3.28. The molecule has 0 bridgehead atoms. The molecule has 6 nitrogen and oxygen atoms in total. The van der Waals surface area contributed by atoms with Crippen LogP contribution in [0.2, 0.25) is 5.15 Å². The Labute approximate surface area is 139 Å². The standard InChI is InChI=1S/C16H18ClN3O3/c1-10-13(16(22)23-11(2)15(21)19(3)4)14(17)20(18-10)12-8-6-5-7-9-12/h5-9,11H,1-4H3/t11-/m0/s1. The minimum atomic E-state index is -0.895. The second-order valence-electron chi connectivity index (χ2n) is 5.28. The molecule has 1 aromatic heterocycles. The highest BCUT2D eigenvalue weighted by molar-refractivity contribution is 6.33. The van der Waals surface area contributed by atoms with Gasteiger partial charge >= 0.3 is 5.97 Å². The number of aromatic nitrogens is 2. The van der Waals surface area contributed by atoms with E-state index >= 15 is 0 Å². The van der Waals surface area contributed by atoms with Crippen molar-refractivity contribution in [1.29, 1.82) is 0 Å². The molecule has 7 heteroatoms. The van der Waals surface area contributed by atoms with Gasteiger partial charge in [0.1, 0.15) is 10.7 Å². The maximum absolute atomic E-state index is 12.3. The Kier molecular flexibility index (Phi) is 5.05. The summed E-state index contributed by atoms with van der Waals surface area (Å²) in [4.78, 5) is 25.5. The van der Waals surface area contributed by atoms with Crippen molar-refractivity contribution in [3.8, 4) is 5.69 Å². The van der Waals surface area contributed by atoms with Crippen molar-refractivity contribution in [3.63, 3.8) is 0 Å². The van der Waals surface area contributed by atoms with Gasteiger partial charge in [0.25, 0.3) is 5.91 Å². The Bertz CT molecular complexity index is 726. The number of ether oxygens (including phenoxy) is 1. The fourth-order valence-electron chi connectivity index (χ4n) is 2.10. The van der Waals surface area contributed by atoms with Crippen molar-refractivity contribution in [1.82, 2.24) is 14.7 Å². The van der Waals surface area contributed by atoms with Crippen LogP contribution in [0.3, 0.4) is 0 Å². The largest absolute Gasteiger partial charge is 0.449 e. The van der Waals surface area contributed by atoms with Gasteiger partial charge in [0, 0.05) is 14.1 Å². The first-order valence-corrected chi connectivity index (χ1v) is 7.43. The lowest BCUT2D eigenvalue weighted by Crippen LogP contribution is -2.35. The molecule has 1 atom stereocenters. The fraction of sp³-hybridized carbons (Fsp3) is 0.312. The van der Waals surface area contributed by atoms with Gasteiger partial charge < -0.3 is 9.64 Å². The molecule has 0 saturated heterocycles. The number of carbonyl (C=O) groups excluding carboxylic acids is 2. The lowest BCUT2D eigenvalue weighted by molar-refractivity contribution is -0.137. The van der Waals surface area contributed by atoms with E-state index in [4.69, 9.17) is 16.3 Å². The lowest BCUT2D eigenvalue weighted by atomic mass is 10.2. The summed E-state index contributed by atoms with van der Waals surface area (Å²) in [5.74, 6) is -0.972. The Hall–Kier alpha value is -2.34. The first-order valence-electron chi connectivity index (χ1n) is 7.05. The quantitative estimate of drug-likeness (QED) is 0.805. The molecule has 1 aromatic carbocycles. The van der Waals surface area contributed by atoms with Crippen LogP contribution in [0.15, 0.2) is 30.3 Å². The molecule has 0 spiro atoms. The molecule has 2 rings (SSSR count). The number of amides is 1. The average molecular weight is 336 g/mol. The van der Waals surface area contributed by atoms with Gasteiger partial charge in [0.2, 0.25) is 0 Å². The number of likely N-dealkylation sites (N-methyl/N-ethyl adjacent to an activating group) is 1. The van der Waals surface area contributed by atoms with Crippen molar-refractivity contribution in [2.75, 3.05) is 14.1 Å². The van der Waals surface area contributed by atoms with E-state index < -0.39 is 12.1 Å². The highest BCUT2D eigenvalue weighted by Crippen LogP contribution is 2.24. The Balaban J connectivity index is 2.29. The molecule has 122 valence electrons. The third kappa shape index (κ3) is 3.53. The van der Waals surface area contributed by atoms with Crippen molar-refractivity contribution in [2.45, 2.75) is 20.0 Å². The molecule has 0 N–H and O–H groups in total. The molecule has 0 saturated carbocycles. The Morgan fingerprint density at radius 3 is 2.43 bits per heavy atom. The summed E-state index contributed by atoms with van der Waals surface area (Å²) < 4.78 is 6.67. The SMILES string of the molecule is Cc1nn(-c2ccccc2)c(Cl)c1C(=O)O[C@@H](C)C(=O)N(C)C. The molecule has 0 aliphatic heterocycles. The zero-order valence-corrected chi connectivity index (χ0v) is 14.2. The van der Waals surface area contributed by atoms with Gasteiger partial charge in [0.05, 0.1) is 11.4 Å². The Morgan fingerprint density at radius 2 is 1.87 bits per heavy atom. The summed E-state index contributed by atoms with van der Waals surface area (Å²) in [6.45, 7) is 3.19. The van der Waals surface area contributed by atoms with Crippen molar-refractivity contribution in [3.05, 3.63) is 46.7 Å². The number of rotatable bonds is 4. The molecule has 0 fully saturated rings. The number of aryl methyl sites for hydroxylation is 1. The summed E-state index contributed by atoms with van der Waals surface area (Å²) in [5, 5.41) is 4.43. The number of halogens is 1. The van der Waals surface area contributed by atoms with Crippen LogP contribution in [-0.4, -0.2) is 46.8 Å². The molecular weight excluding hydrogens is 318 g/mol. The van der Waals surface area contributed by atoms with Gasteiger partial charge in [-0.1, -0.05) is 29.8 Å². The van der Waals surface area contributed by atoms with Crippen LogP contribution in [0, 0.1) is 6.92 Å². The van der Waals surface area contributed by atoms with Crippen LogP contribution in [-0.2, 0) is 9.53 Å². The molecule has 0 aliphatic rings. The smallest absolute Gasteiger partial charge is 0.344 e. The van der Waals surface area contributed by atoms with Gasteiger partial charge in [-0.25, -0.2) is 9.48 Å². The second kappa shape index (κ2) is 6.83. The number of esters is 1. The number of nitrogens with zero attached hydrogens (tertiary/aromatic N) is 3. The van der Waals surface area contributed by atoms with Crippen LogP contribution in [0.25, 0.3) is 5.69 Å². The predicted molar refractivity (Wildman–Crippen MR) is 86.9 cm³/mol. The molecular formula is C16H18ClN3O3. The number of carbonyl (C=O) groups is 2. The summed E-state index contributed by atoms with van der Waals surface area (Å²) in [6.07, 6.45) is -0.895. The fourth-order valence-corrected chi connectivity index (χ4v) is 2.45. The summed E-state index contributed by atoms with van der Waals surface area (Å²) in [5.41, 5.74) is 1.33. The van der Waals surface area contributed by atoms with Gasteiger partial charge in [-0.3, -0.25) is 4.79 Å². The minimum Gasteiger partial charge on any atom is -0.449 e. The van der Waals surface area contributed by atoms with Gasteiger partial charge in [-0.05, 0) is 26.0 Å². The molecule has 1 amide bonds. The first kappa shape index (κ1) is 17.0. The van der Waals surface area contributed by atoms with Crippen LogP contribution in [0.5, 0.6) is 0 Å². The van der Waals surface area contributed by atoms with E-state index in [1.807, 2.05) is 30.3 Å². The summed E-state index contributed by atoms with van der Waals surface area (Å²) in [6, 6.07) is 9.21.